The Hall–Kier alpha value is 0.0800. The van der Waals surface area contributed by atoms with Crippen LogP contribution in [0.5, 0.6) is 0 Å². The fourth-order valence-electron chi connectivity index (χ4n) is 3.00. The summed E-state index contributed by atoms with van der Waals surface area (Å²) in [6.07, 6.45) is 1.34. The Balaban J connectivity index is 2.92. The Kier molecular flexibility index (Phi) is 6.08. The van der Waals surface area contributed by atoms with E-state index in [0.717, 1.165) is 10.8 Å². The molecule has 2 atom stereocenters. The van der Waals surface area contributed by atoms with Crippen LogP contribution in [0.2, 0.25) is 0 Å². The molecule has 1 aliphatic heterocycles. The number of hydrogen-bond acceptors (Lipinski definition) is 5. The van der Waals surface area contributed by atoms with Gasteiger partial charge in [-0.3, -0.25) is 9.63 Å². The fraction of sp³-hybridized carbons (Fsp3) is 0.933. The number of piperidine rings is 1. The highest BCUT2D eigenvalue weighted by atomic mass is 127. The molecule has 0 spiro atoms. The second-order valence-corrected chi connectivity index (χ2v) is 8.23. The smallest absolute Gasteiger partial charge is 0.302 e. The van der Waals surface area contributed by atoms with E-state index in [1.165, 1.54) is 6.92 Å². The topological polar surface area (TPSA) is 59.0 Å². The average molecular weight is 413 g/mol. The minimum atomic E-state index is -0.880. The molecule has 21 heavy (non-hydrogen) atoms. The third-order valence-electron chi connectivity index (χ3n) is 3.60. The third kappa shape index (κ3) is 5.33. The number of hydroxylamine groups is 2. The number of aliphatic hydroxyl groups is 1. The molecule has 1 saturated heterocycles. The Labute approximate surface area is 141 Å². The quantitative estimate of drug-likeness (QED) is 0.427. The minimum absolute atomic E-state index is 0.0979. The number of carbonyl (C=O) groups is 1. The van der Waals surface area contributed by atoms with Gasteiger partial charge < -0.3 is 9.84 Å². The van der Waals surface area contributed by atoms with Crippen molar-refractivity contribution < 1.29 is 19.5 Å². The lowest BCUT2D eigenvalue weighted by molar-refractivity contribution is -0.304. The van der Waals surface area contributed by atoms with Crippen LogP contribution in [0.1, 0.15) is 54.4 Å². The van der Waals surface area contributed by atoms with Crippen LogP contribution in [0.25, 0.3) is 0 Å². The second-order valence-electron chi connectivity index (χ2n) is 7.46. The van der Waals surface area contributed by atoms with Crippen LogP contribution < -0.4 is 0 Å². The minimum Gasteiger partial charge on any atom is -0.462 e. The zero-order chi connectivity index (χ0) is 16.5. The zero-order valence-corrected chi connectivity index (χ0v) is 16.1. The highest BCUT2D eigenvalue weighted by Crippen LogP contribution is 2.41. The molecule has 0 saturated carbocycles. The van der Waals surface area contributed by atoms with E-state index in [-0.39, 0.29) is 29.8 Å². The largest absolute Gasteiger partial charge is 0.462 e. The van der Waals surface area contributed by atoms with Gasteiger partial charge in [0, 0.05) is 29.7 Å². The number of esters is 1. The molecule has 0 aromatic rings. The van der Waals surface area contributed by atoms with Gasteiger partial charge in [0.15, 0.2) is 0 Å². The van der Waals surface area contributed by atoms with E-state index in [2.05, 4.69) is 43.4 Å². The highest BCUT2D eigenvalue weighted by Gasteiger charge is 2.50. The lowest BCUT2D eigenvalue weighted by atomic mass is 9.80. The number of rotatable bonds is 5. The van der Waals surface area contributed by atoms with Gasteiger partial charge >= 0.3 is 5.97 Å². The molecule has 0 aliphatic carbocycles. The third-order valence-corrected chi connectivity index (χ3v) is 5.25. The predicted octanol–water partition coefficient (Wildman–Crippen LogP) is 2.69. The first kappa shape index (κ1) is 19.1. The van der Waals surface area contributed by atoms with Crippen LogP contribution in [0.15, 0.2) is 0 Å². The molecule has 2 unspecified atom stereocenters. The van der Waals surface area contributed by atoms with Gasteiger partial charge in [-0.1, -0.05) is 22.6 Å². The number of ether oxygens (including phenoxy) is 1. The highest BCUT2D eigenvalue weighted by molar-refractivity contribution is 14.1. The molecule has 1 aliphatic rings. The molecule has 0 amide bonds. The van der Waals surface area contributed by atoms with E-state index in [4.69, 9.17) is 9.57 Å². The summed E-state index contributed by atoms with van der Waals surface area (Å²) < 4.78 is 6.29. The molecule has 5 nitrogen and oxygen atoms in total. The van der Waals surface area contributed by atoms with Gasteiger partial charge in [-0.2, -0.15) is 5.06 Å². The van der Waals surface area contributed by atoms with Crippen molar-refractivity contribution in [1.82, 2.24) is 5.06 Å². The first-order valence-electron chi connectivity index (χ1n) is 7.28. The summed E-state index contributed by atoms with van der Waals surface area (Å²) in [5.74, 6) is -0.238. The second kappa shape index (κ2) is 6.68. The average Bonchev–Trinajstić information content (AvgIpc) is 2.23. The Morgan fingerprint density at radius 3 is 2.38 bits per heavy atom. The maximum atomic E-state index is 11.3. The summed E-state index contributed by atoms with van der Waals surface area (Å²) in [4.78, 5) is 17.2. The Morgan fingerprint density at radius 2 is 1.95 bits per heavy atom. The zero-order valence-electron chi connectivity index (χ0n) is 13.9. The molecule has 1 heterocycles. The summed E-state index contributed by atoms with van der Waals surface area (Å²) >= 11 is 2.34. The summed E-state index contributed by atoms with van der Waals surface area (Å²) in [6, 6.07) is 0. The van der Waals surface area contributed by atoms with Crippen molar-refractivity contribution >= 4 is 28.6 Å². The van der Waals surface area contributed by atoms with Gasteiger partial charge in [-0.15, -0.1) is 0 Å². The van der Waals surface area contributed by atoms with Gasteiger partial charge in [0.05, 0.1) is 17.7 Å². The Morgan fingerprint density at radius 1 is 1.38 bits per heavy atom. The van der Waals surface area contributed by atoms with Crippen molar-refractivity contribution in [2.75, 3.05) is 11.0 Å². The molecule has 0 bridgehead atoms. The van der Waals surface area contributed by atoms with Crippen molar-refractivity contribution in [3.05, 3.63) is 0 Å². The van der Waals surface area contributed by atoms with Crippen LogP contribution >= 0.6 is 22.6 Å². The van der Waals surface area contributed by atoms with Crippen LogP contribution in [-0.2, 0) is 14.4 Å². The number of alkyl halides is 1. The van der Waals surface area contributed by atoms with Gasteiger partial charge in [0.2, 0.25) is 0 Å². The van der Waals surface area contributed by atoms with E-state index in [0.29, 0.717) is 6.42 Å². The molecule has 6 heteroatoms. The number of hydrogen-bond donors (Lipinski definition) is 1. The van der Waals surface area contributed by atoms with Gasteiger partial charge in [0.1, 0.15) is 6.10 Å². The molecule has 124 valence electrons. The summed E-state index contributed by atoms with van der Waals surface area (Å²) in [5.41, 5.74) is -1.40. The van der Waals surface area contributed by atoms with Crippen LogP contribution in [0, 0.1) is 0 Å². The summed E-state index contributed by atoms with van der Waals surface area (Å²) in [7, 11) is 0. The molecular formula is C15H28INO4. The lowest BCUT2D eigenvalue weighted by Crippen LogP contribution is -2.64. The normalized spacial score (nSPS) is 30.2. The summed E-state index contributed by atoms with van der Waals surface area (Å²) in [6.45, 7) is 11.4. The standard InChI is InChI=1S/C15H28INO4/c1-11(18)21-12-7-13(2,3)17(15(6,8-12)9-16)20-10-14(4,5)19/h12,19H,7-10H2,1-6H3. The lowest BCUT2D eigenvalue weighted by Gasteiger charge is -2.54. The summed E-state index contributed by atoms with van der Waals surface area (Å²) in [5, 5.41) is 11.9. The van der Waals surface area contributed by atoms with Crippen molar-refractivity contribution in [3.8, 4) is 0 Å². The number of halogens is 1. The van der Waals surface area contributed by atoms with Crippen molar-refractivity contribution in [3.63, 3.8) is 0 Å². The fourth-order valence-corrected chi connectivity index (χ4v) is 3.62. The van der Waals surface area contributed by atoms with Crippen molar-refractivity contribution in [1.29, 1.82) is 0 Å². The van der Waals surface area contributed by atoms with Gasteiger partial charge in [-0.05, 0) is 34.6 Å². The first-order valence-corrected chi connectivity index (χ1v) is 8.81. The van der Waals surface area contributed by atoms with E-state index < -0.39 is 5.60 Å². The van der Waals surface area contributed by atoms with Crippen molar-refractivity contribution in [2.45, 2.75) is 77.2 Å². The predicted molar refractivity (Wildman–Crippen MR) is 90.2 cm³/mol. The van der Waals surface area contributed by atoms with Gasteiger partial charge in [-0.25, -0.2) is 0 Å². The number of carbonyl (C=O) groups excluding carboxylic acids is 1. The number of nitrogens with zero attached hydrogens (tertiary/aromatic N) is 1. The molecule has 0 radical (unpaired) electrons. The van der Waals surface area contributed by atoms with Crippen LogP contribution in [-0.4, -0.2) is 50.0 Å². The maximum Gasteiger partial charge on any atom is 0.302 e. The maximum absolute atomic E-state index is 11.3. The van der Waals surface area contributed by atoms with Crippen LogP contribution in [0.3, 0.4) is 0 Å². The van der Waals surface area contributed by atoms with Crippen LogP contribution in [0.4, 0.5) is 0 Å². The SMILES string of the molecule is CC(=O)OC1CC(C)(C)N(OCC(C)(C)O)C(C)(CI)C1. The van der Waals surface area contributed by atoms with Crippen molar-refractivity contribution in [2.24, 2.45) is 0 Å². The first-order chi connectivity index (χ1) is 9.39. The molecule has 1 fully saturated rings. The molecule has 0 aromatic heterocycles. The van der Waals surface area contributed by atoms with E-state index in [1.54, 1.807) is 13.8 Å². The molecule has 1 rings (SSSR count). The Bertz CT molecular complexity index is 380. The molecule has 1 N–H and O–H groups in total. The van der Waals surface area contributed by atoms with E-state index in [9.17, 15) is 9.90 Å². The monoisotopic (exact) mass is 413 g/mol. The van der Waals surface area contributed by atoms with Gasteiger partial charge in [0.25, 0.3) is 0 Å². The van der Waals surface area contributed by atoms with E-state index >= 15 is 0 Å². The molecular weight excluding hydrogens is 385 g/mol. The van der Waals surface area contributed by atoms with E-state index in [1.807, 2.05) is 5.06 Å². The molecule has 0 aromatic carbocycles.